The summed E-state index contributed by atoms with van der Waals surface area (Å²) >= 11 is 0. The Labute approximate surface area is 149 Å². The number of epoxide rings is 1. The Balaban J connectivity index is 1.62. The summed E-state index contributed by atoms with van der Waals surface area (Å²) in [6, 6.07) is 0. The molecule has 5 heteroatoms. The fourth-order valence-electron chi connectivity index (χ4n) is 5.74. The van der Waals surface area contributed by atoms with Crippen LogP contribution < -0.4 is 0 Å². The van der Waals surface area contributed by atoms with E-state index in [9.17, 15) is 9.59 Å². The largest absolute Gasteiger partial charge is 0.462 e. The molecular formula is C20H28O5. The first kappa shape index (κ1) is 17.1. The van der Waals surface area contributed by atoms with Gasteiger partial charge < -0.3 is 14.2 Å². The lowest BCUT2D eigenvalue weighted by molar-refractivity contribution is -0.150. The fourth-order valence-corrected chi connectivity index (χ4v) is 5.74. The first-order valence-corrected chi connectivity index (χ1v) is 9.47. The van der Waals surface area contributed by atoms with Crippen LogP contribution in [0.3, 0.4) is 0 Å². The molecule has 0 radical (unpaired) electrons. The van der Waals surface area contributed by atoms with Crippen LogP contribution in [0.1, 0.15) is 53.9 Å². The van der Waals surface area contributed by atoms with E-state index in [0.29, 0.717) is 5.57 Å². The number of allylic oxidation sites excluding steroid dienone is 1. The molecule has 4 aliphatic rings. The van der Waals surface area contributed by atoms with E-state index < -0.39 is 0 Å². The van der Waals surface area contributed by atoms with Crippen LogP contribution in [0.25, 0.3) is 0 Å². The van der Waals surface area contributed by atoms with Crippen molar-refractivity contribution >= 4 is 11.9 Å². The molecule has 2 saturated heterocycles. The Hall–Kier alpha value is -1.36. The highest BCUT2D eigenvalue weighted by Gasteiger charge is 2.80. The van der Waals surface area contributed by atoms with Crippen LogP contribution in [-0.4, -0.2) is 35.3 Å². The Morgan fingerprint density at radius 3 is 2.72 bits per heavy atom. The lowest BCUT2D eigenvalue weighted by atomic mass is 9.77. The van der Waals surface area contributed by atoms with E-state index >= 15 is 0 Å². The normalized spacial score (nSPS) is 51.1. The topological polar surface area (TPSA) is 65.1 Å². The van der Waals surface area contributed by atoms with Crippen molar-refractivity contribution in [2.45, 2.75) is 77.3 Å². The minimum atomic E-state index is -0.275. The maximum atomic E-state index is 12.3. The van der Waals surface area contributed by atoms with Crippen molar-refractivity contribution in [2.24, 2.45) is 23.7 Å². The predicted molar refractivity (Wildman–Crippen MR) is 90.6 cm³/mol. The first-order chi connectivity index (χ1) is 11.7. The molecule has 2 saturated carbocycles. The van der Waals surface area contributed by atoms with Gasteiger partial charge in [0.05, 0.1) is 11.5 Å². The highest BCUT2D eigenvalue weighted by molar-refractivity contribution is 5.87. The number of hydrogen-bond donors (Lipinski definition) is 0. The number of carbonyl (C=O) groups excluding carboxylic acids is 2. The van der Waals surface area contributed by atoms with Gasteiger partial charge in [-0.05, 0) is 39.5 Å². The first-order valence-electron chi connectivity index (χ1n) is 9.47. The molecule has 2 aliphatic carbocycles. The van der Waals surface area contributed by atoms with Crippen molar-refractivity contribution in [1.82, 2.24) is 0 Å². The van der Waals surface area contributed by atoms with Gasteiger partial charge in [0.15, 0.2) is 0 Å². The van der Waals surface area contributed by atoms with E-state index in [2.05, 4.69) is 13.8 Å². The second-order valence-electron chi connectivity index (χ2n) is 8.71. The summed E-state index contributed by atoms with van der Waals surface area (Å²) in [6.45, 7) is 9.91. The molecule has 4 fully saturated rings. The zero-order valence-corrected chi connectivity index (χ0v) is 15.7. The second kappa shape index (κ2) is 5.32. The van der Waals surface area contributed by atoms with Crippen molar-refractivity contribution in [3.8, 4) is 0 Å². The van der Waals surface area contributed by atoms with Gasteiger partial charge in [-0.1, -0.05) is 19.9 Å². The average molecular weight is 348 g/mol. The molecule has 8 unspecified atom stereocenters. The minimum Gasteiger partial charge on any atom is -0.462 e. The maximum Gasteiger partial charge on any atom is 0.333 e. The highest BCUT2D eigenvalue weighted by Crippen LogP contribution is 2.69. The van der Waals surface area contributed by atoms with Crippen LogP contribution in [0.2, 0.25) is 0 Å². The van der Waals surface area contributed by atoms with Crippen molar-refractivity contribution < 1.29 is 23.8 Å². The monoisotopic (exact) mass is 348 g/mol. The molecule has 0 aromatic rings. The standard InChI is InChI=1S/C20H28O5/c1-6-10(2)17(21)24-15-9-19(5)20(25-19)8-13-12(4)18(22)23-14(13)7-11(3)16(15)20/h6,11-16H,7-9H2,1-5H3. The zero-order valence-electron chi connectivity index (χ0n) is 15.7. The van der Waals surface area contributed by atoms with Crippen LogP contribution in [-0.2, 0) is 23.8 Å². The molecular weight excluding hydrogens is 320 g/mol. The van der Waals surface area contributed by atoms with Gasteiger partial charge in [-0.25, -0.2) is 4.79 Å². The number of ether oxygens (including phenoxy) is 3. The van der Waals surface area contributed by atoms with Gasteiger partial charge in [-0.3, -0.25) is 4.79 Å². The molecule has 0 bridgehead atoms. The van der Waals surface area contributed by atoms with Crippen molar-refractivity contribution in [3.63, 3.8) is 0 Å². The zero-order chi connectivity index (χ0) is 18.1. The van der Waals surface area contributed by atoms with E-state index in [-0.39, 0.29) is 59.0 Å². The van der Waals surface area contributed by atoms with Crippen molar-refractivity contribution in [1.29, 1.82) is 0 Å². The SMILES string of the molecule is CC=C(C)C(=O)OC1CC2(C)OC23CC2C(CC(C)C13)OC(=O)C2C. The van der Waals surface area contributed by atoms with E-state index in [0.717, 1.165) is 19.3 Å². The smallest absolute Gasteiger partial charge is 0.333 e. The van der Waals surface area contributed by atoms with Gasteiger partial charge in [0, 0.05) is 23.8 Å². The van der Waals surface area contributed by atoms with Crippen LogP contribution in [0.5, 0.6) is 0 Å². The molecule has 8 atom stereocenters. The second-order valence-corrected chi connectivity index (χ2v) is 8.71. The summed E-state index contributed by atoms with van der Waals surface area (Å²) in [5.41, 5.74) is 0.116. The minimum absolute atomic E-state index is 0.0282. The number of esters is 2. The molecule has 0 aromatic heterocycles. The number of carbonyl (C=O) groups is 2. The Bertz CT molecular complexity index is 654. The van der Waals surface area contributed by atoms with E-state index in [1.165, 1.54) is 0 Å². The quantitative estimate of drug-likeness (QED) is 0.436. The highest BCUT2D eigenvalue weighted by atomic mass is 16.6. The summed E-state index contributed by atoms with van der Waals surface area (Å²) in [6.07, 6.45) is 4.02. The van der Waals surface area contributed by atoms with Gasteiger partial charge in [0.25, 0.3) is 0 Å². The number of fused-ring (bicyclic) bond motifs is 1. The molecule has 1 spiro atoms. The molecule has 5 nitrogen and oxygen atoms in total. The van der Waals surface area contributed by atoms with Crippen LogP contribution in [0.4, 0.5) is 0 Å². The third kappa shape index (κ3) is 2.24. The Morgan fingerprint density at radius 1 is 1.32 bits per heavy atom. The summed E-state index contributed by atoms with van der Waals surface area (Å²) in [5, 5.41) is 0. The van der Waals surface area contributed by atoms with Crippen molar-refractivity contribution in [3.05, 3.63) is 11.6 Å². The Morgan fingerprint density at radius 2 is 2.04 bits per heavy atom. The predicted octanol–water partition coefficient (Wildman–Crippen LogP) is 3.02. The number of rotatable bonds is 2. The maximum absolute atomic E-state index is 12.3. The van der Waals surface area contributed by atoms with Crippen molar-refractivity contribution in [2.75, 3.05) is 0 Å². The van der Waals surface area contributed by atoms with Crippen LogP contribution >= 0.6 is 0 Å². The Kier molecular flexibility index (Phi) is 3.63. The third-order valence-electron chi connectivity index (χ3n) is 7.32. The molecule has 2 aliphatic heterocycles. The van der Waals surface area contributed by atoms with Gasteiger partial charge in [0.2, 0.25) is 0 Å². The van der Waals surface area contributed by atoms with Crippen LogP contribution in [0.15, 0.2) is 11.6 Å². The summed E-state index contributed by atoms with van der Waals surface area (Å²) in [7, 11) is 0. The summed E-state index contributed by atoms with van der Waals surface area (Å²) in [5.74, 6) is 0.260. The van der Waals surface area contributed by atoms with Gasteiger partial charge in [0.1, 0.15) is 17.8 Å². The van der Waals surface area contributed by atoms with Crippen LogP contribution in [0, 0.1) is 23.7 Å². The summed E-state index contributed by atoms with van der Waals surface area (Å²) in [4.78, 5) is 24.3. The van der Waals surface area contributed by atoms with E-state index in [4.69, 9.17) is 14.2 Å². The molecule has 0 aromatic carbocycles. The van der Waals surface area contributed by atoms with E-state index in [1.807, 2.05) is 13.8 Å². The average Bonchev–Trinajstić information content (AvgIpc) is 2.98. The van der Waals surface area contributed by atoms with Gasteiger partial charge >= 0.3 is 11.9 Å². The fraction of sp³-hybridized carbons (Fsp3) is 0.800. The molecule has 138 valence electrons. The molecule has 4 rings (SSSR count). The van der Waals surface area contributed by atoms with E-state index in [1.54, 1.807) is 13.0 Å². The molecule has 25 heavy (non-hydrogen) atoms. The third-order valence-corrected chi connectivity index (χ3v) is 7.32. The molecule has 2 heterocycles. The molecule has 0 amide bonds. The van der Waals surface area contributed by atoms with Gasteiger partial charge in [-0.15, -0.1) is 0 Å². The molecule has 0 N–H and O–H groups in total. The summed E-state index contributed by atoms with van der Waals surface area (Å²) < 4.78 is 17.8. The lowest BCUT2D eigenvalue weighted by Gasteiger charge is -2.30. The lowest BCUT2D eigenvalue weighted by Crippen LogP contribution is -2.37. The van der Waals surface area contributed by atoms with Gasteiger partial charge in [-0.2, -0.15) is 0 Å². The number of hydrogen-bond acceptors (Lipinski definition) is 5.